The fourth-order valence-corrected chi connectivity index (χ4v) is 2.43. The molecule has 0 aliphatic heterocycles. The number of aromatic nitrogens is 2. The smallest absolute Gasteiger partial charge is 0.307 e. The summed E-state index contributed by atoms with van der Waals surface area (Å²) in [5.41, 5.74) is 0. The van der Waals surface area contributed by atoms with Gasteiger partial charge < -0.3 is 14.9 Å². The lowest BCUT2D eigenvalue weighted by molar-refractivity contribution is -0.146. The standard InChI is InChI=1S/C12H17N3O4/c1-7-14-10(19-15-7)5-6-13-11(16)8-3-2-4-9(8)12(17)18/h8-9H,2-6H2,1H3,(H,13,16)(H,17,18)/t8-,9+/m1/s1. The third-order valence-corrected chi connectivity index (χ3v) is 3.38. The average Bonchev–Trinajstić information content (AvgIpc) is 2.97. The second-order valence-electron chi connectivity index (χ2n) is 4.76. The van der Waals surface area contributed by atoms with Gasteiger partial charge in [-0.2, -0.15) is 4.98 Å². The van der Waals surface area contributed by atoms with E-state index in [-0.39, 0.29) is 5.91 Å². The van der Waals surface area contributed by atoms with E-state index >= 15 is 0 Å². The second-order valence-corrected chi connectivity index (χ2v) is 4.76. The van der Waals surface area contributed by atoms with Crippen LogP contribution >= 0.6 is 0 Å². The van der Waals surface area contributed by atoms with Gasteiger partial charge >= 0.3 is 5.97 Å². The van der Waals surface area contributed by atoms with Gasteiger partial charge in [0.1, 0.15) is 0 Å². The Bertz CT molecular complexity index is 471. The first-order chi connectivity index (χ1) is 9.08. The number of carbonyl (C=O) groups excluding carboxylic acids is 1. The minimum atomic E-state index is -0.884. The quantitative estimate of drug-likeness (QED) is 0.806. The molecule has 1 aromatic heterocycles. The number of hydrogen-bond acceptors (Lipinski definition) is 5. The molecule has 1 fully saturated rings. The number of carboxylic acid groups (broad SMARTS) is 1. The predicted octanol–water partition coefficient (Wildman–Crippen LogP) is 0.538. The SMILES string of the molecule is Cc1noc(CCNC(=O)[C@@H]2CCC[C@@H]2C(=O)O)n1. The number of aryl methyl sites for hydroxylation is 1. The number of amides is 1. The summed E-state index contributed by atoms with van der Waals surface area (Å²) in [5.74, 6) is -1.01. The molecule has 0 bridgehead atoms. The molecule has 2 N–H and O–H groups in total. The molecule has 1 heterocycles. The van der Waals surface area contributed by atoms with E-state index < -0.39 is 17.8 Å². The molecule has 0 aromatic carbocycles. The fourth-order valence-electron chi connectivity index (χ4n) is 2.43. The van der Waals surface area contributed by atoms with Crippen molar-refractivity contribution in [2.75, 3.05) is 6.54 Å². The van der Waals surface area contributed by atoms with Gasteiger partial charge in [-0.15, -0.1) is 0 Å². The van der Waals surface area contributed by atoms with Crippen LogP contribution in [0.2, 0.25) is 0 Å². The van der Waals surface area contributed by atoms with Gasteiger partial charge in [-0.25, -0.2) is 0 Å². The zero-order valence-corrected chi connectivity index (χ0v) is 10.8. The topological polar surface area (TPSA) is 105 Å². The lowest BCUT2D eigenvalue weighted by atomic mass is 9.95. The van der Waals surface area contributed by atoms with Crippen LogP contribution in [0, 0.1) is 18.8 Å². The van der Waals surface area contributed by atoms with Gasteiger partial charge in [0.25, 0.3) is 0 Å². The number of carbonyl (C=O) groups is 2. The van der Waals surface area contributed by atoms with Crippen LogP contribution in [0.3, 0.4) is 0 Å². The Morgan fingerprint density at radius 3 is 2.79 bits per heavy atom. The number of nitrogens with zero attached hydrogens (tertiary/aromatic N) is 2. The van der Waals surface area contributed by atoms with Crippen molar-refractivity contribution in [3.05, 3.63) is 11.7 Å². The third kappa shape index (κ3) is 3.30. The van der Waals surface area contributed by atoms with Crippen LogP contribution in [0.4, 0.5) is 0 Å². The highest BCUT2D eigenvalue weighted by Gasteiger charge is 2.37. The van der Waals surface area contributed by atoms with Crippen molar-refractivity contribution in [3.8, 4) is 0 Å². The largest absolute Gasteiger partial charge is 0.481 e. The fraction of sp³-hybridized carbons (Fsp3) is 0.667. The summed E-state index contributed by atoms with van der Waals surface area (Å²) in [6.07, 6.45) is 2.47. The van der Waals surface area contributed by atoms with E-state index in [0.717, 1.165) is 6.42 Å². The maximum Gasteiger partial charge on any atom is 0.307 e. The van der Waals surface area contributed by atoms with Crippen LogP contribution in [-0.4, -0.2) is 33.7 Å². The molecular formula is C12H17N3O4. The highest BCUT2D eigenvalue weighted by molar-refractivity contribution is 5.85. The summed E-state index contributed by atoms with van der Waals surface area (Å²) in [5, 5.41) is 15.4. The Kier molecular flexibility index (Phi) is 4.13. The summed E-state index contributed by atoms with van der Waals surface area (Å²) >= 11 is 0. The van der Waals surface area contributed by atoms with Crippen molar-refractivity contribution in [3.63, 3.8) is 0 Å². The second kappa shape index (κ2) is 5.81. The monoisotopic (exact) mass is 267 g/mol. The Morgan fingerprint density at radius 2 is 2.16 bits per heavy atom. The molecule has 0 radical (unpaired) electrons. The van der Waals surface area contributed by atoms with Crippen molar-refractivity contribution in [2.45, 2.75) is 32.6 Å². The van der Waals surface area contributed by atoms with Crippen LogP contribution < -0.4 is 5.32 Å². The molecule has 19 heavy (non-hydrogen) atoms. The lowest BCUT2D eigenvalue weighted by Crippen LogP contribution is -2.36. The molecule has 7 heteroatoms. The van der Waals surface area contributed by atoms with E-state index in [9.17, 15) is 9.59 Å². The molecule has 0 unspecified atom stereocenters. The van der Waals surface area contributed by atoms with E-state index in [1.165, 1.54) is 0 Å². The van der Waals surface area contributed by atoms with Gasteiger partial charge in [0.05, 0.1) is 11.8 Å². The van der Waals surface area contributed by atoms with Gasteiger partial charge in [0.15, 0.2) is 5.82 Å². The van der Waals surface area contributed by atoms with Gasteiger partial charge in [-0.3, -0.25) is 9.59 Å². The van der Waals surface area contributed by atoms with E-state index in [1.54, 1.807) is 6.92 Å². The van der Waals surface area contributed by atoms with Crippen molar-refractivity contribution in [2.24, 2.45) is 11.8 Å². The van der Waals surface area contributed by atoms with E-state index in [1.807, 2.05) is 0 Å². The van der Waals surface area contributed by atoms with Crippen LogP contribution in [0.15, 0.2) is 4.52 Å². The number of hydrogen-bond donors (Lipinski definition) is 2. The molecule has 7 nitrogen and oxygen atoms in total. The Hall–Kier alpha value is -1.92. The van der Waals surface area contributed by atoms with E-state index in [2.05, 4.69) is 15.5 Å². The summed E-state index contributed by atoms with van der Waals surface area (Å²) in [4.78, 5) is 26.9. The average molecular weight is 267 g/mol. The summed E-state index contributed by atoms with van der Waals surface area (Å²) in [7, 11) is 0. The molecule has 1 aromatic rings. The molecule has 1 aliphatic rings. The van der Waals surface area contributed by atoms with Crippen molar-refractivity contribution >= 4 is 11.9 Å². The Morgan fingerprint density at radius 1 is 1.42 bits per heavy atom. The highest BCUT2D eigenvalue weighted by Crippen LogP contribution is 2.31. The zero-order valence-electron chi connectivity index (χ0n) is 10.8. The van der Waals surface area contributed by atoms with Crippen molar-refractivity contribution < 1.29 is 19.2 Å². The first-order valence-electron chi connectivity index (χ1n) is 6.37. The molecule has 1 saturated carbocycles. The molecule has 1 aliphatic carbocycles. The molecule has 0 spiro atoms. The summed E-state index contributed by atoms with van der Waals surface area (Å²) < 4.78 is 4.92. The molecule has 2 atom stereocenters. The van der Waals surface area contributed by atoms with Gasteiger partial charge in [0, 0.05) is 13.0 Å². The Labute approximate surface area is 110 Å². The normalized spacial score (nSPS) is 22.4. The van der Waals surface area contributed by atoms with Gasteiger partial charge in [0.2, 0.25) is 11.8 Å². The number of nitrogens with one attached hydrogen (secondary N) is 1. The molecular weight excluding hydrogens is 250 g/mol. The highest BCUT2D eigenvalue weighted by atomic mass is 16.5. The first kappa shape index (κ1) is 13.5. The maximum absolute atomic E-state index is 11.9. The summed E-state index contributed by atoms with van der Waals surface area (Å²) in [6, 6.07) is 0. The molecule has 2 rings (SSSR count). The minimum Gasteiger partial charge on any atom is -0.481 e. The molecule has 0 saturated heterocycles. The van der Waals surface area contributed by atoms with Gasteiger partial charge in [-0.05, 0) is 19.8 Å². The molecule has 1 amide bonds. The first-order valence-corrected chi connectivity index (χ1v) is 6.37. The predicted molar refractivity (Wildman–Crippen MR) is 64.2 cm³/mol. The zero-order chi connectivity index (χ0) is 13.8. The van der Waals surface area contributed by atoms with Crippen LogP contribution in [0.25, 0.3) is 0 Å². The number of rotatable bonds is 5. The van der Waals surface area contributed by atoms with Crippen LogP contribution in [0.1, 0.15) is 31.0 Å². The summed E-state index contributed by atoms with van der Waals surface area (Å²) in [6.45, 7) is 2.10. The maximum atomic E-state index is 11.9. The number of aliphatic carboxylic acids is 1. The van der Waals surface area contributed by atoms with Crippen molar-refractivity contribution in [1.29, 1.82) is 0 Å². The minimum absolute atomic E-state index is 0.193. The van der Waals surface area contributed by atoms with Crippen LogP contribution in [0.5, 0.6) is 0 Å². The van der Waals surface area contributed by atoms with E-state index in [0.29, 0.717) is 37.5 Å². The van der Waals surface area contributed by atoms with Crippen molar-refractivity contribution in [1.82, 2.24) is 15.5 Å². The van der Waals surface area contributed by atoms with E-state index in [4.69, 9.17) is 9.63 Å². The Balaban J connectivity index is 1.79. The van der Waals surface area contributed by atoms with Crippen LogP contribution in [-0.2, 0) is 16.0 Å². The van der Waals surface area contributed by atoms with Gasteiger partial charge in [-0.1, -0.05) is 11.6 Å². The molecule has 104 valence electrons. The number of carboxylic acids is 1. The lowest BCUT2D eigenvalue weighted by Gasteiger charge is -2.14. The third-order valence-electron chi connectivity index (χ3n) is 3.38.